The number of fused-ring (bicyclic) bond motifs is 2. The maximum absolute atomic E-state index is 12.9. The topological polar surface area (TPSA) is 52.6 Å². The molecule has 1 aliphatic carbocycles. The van der Waals surface area contributed by atoms with Crippen LogP contribution < -0.4 is 0 Å². The summed E-state index contributed by atoms with van der Waals surface area (Å²) in [5.74, 6) is -3.99. The lowest BCUT2D eigenvalue weighted by atomic mass is 9.99. The van der Waals surface area contributed by atoms with Gasteiger partial charge in [-0.25, -0.2) is 0 Å². The first-order valence-electron chi connectivity index (χ1n) is 6.17. The molecule has 1 aliphatic heterocycles. The minimum Gasteiger partial charge on any atom is -0.458 e. The molecule has 0 aromatic rings. The van der Waals surface area contributed by atoms with Gasteiger partial charge in [-0.1, -0.05) is 13.8 Å². The fraction of sp³-hybridized carbons (Fsp3) is 0.833. The number of rotatable bonds is 2. The molecular formula is C12H15F3O4. The van der Waals surface area contributed by atoms with Crippen molar-refractivity contribution in [2.45, 2.75) is 45.1 Å². The Morgan fingerprint density at radius 1 is 1.42 bits per heavy atom. The van der Waals surface area contributed by atoms with Crippen LogP contribution in [0.4, 0.5) is 13.2 Å². The van der Waals surface area contributed by atoms with E-state index in [0.29, 0.717) is 0 Å². The van der Waals surface area contributed by atoms with Crippen molar-refractivity contribution in [1.29, 1.82) is 0 Å². The van der Waals surface area contributed by atoms with Crippen LogP contribution in [0.1, 0.15) is 26.7 Å². The molecule has 0 radical (unpaired) electrons. The standard InChI is InChI=1S/C12H15F3O4/c1-5(2)11(17)19-9-6-3-7(12(13,14)15)10(9)18-8(16)4-6/h5-7,9-10H,3-4H2,1-2H3. The lowest BCUT2D eigenvalue weighted by Crippen LogP contribution is -2.45. The van der Waals surface area contributed by atoms with Crippen LogP contribution >= 0.6 is 0 Å². The van der Waals surface area contributed by atoms with Crippen molar-refractivity contribution in [2.75, 3.05) is 0 Å². The number of hydrogen-bond donors (Lipinski definition) is 0. The second-order valence-electron chi connectivity index (χ2n) is 5.36. The monoisotopic (exact) mass is 280 g/mol. The molecular weight excluding hydrogens is 265 g/mol. The molecule has 2 fully saturated rings. The van der Waals surface area contributed by atoms with Crippen molar-refractivity contribution >= 4 is 11.9 Å². The van der Waals surface area contributed by atoms with Crippen LogP contribution in [-0.2, 0) is 19.1 Å². The Kier molecular flexibility index (Phi) is 3.49. The van der Waals surface area contributed by atoms with Crippen molar-refractivity contribution < 1.29 is 32.2 Å². The molecule has 1 saturated heterocycles. The Labute approximate surface area is 108 Å². The summed E-state index contributed by atoms with van der Waals surface area (Å²) in [5.41, 5.74) is 0. The number of ether oxygens (including phenoxy) is 2. The summed E-state index contributed by atoms with van der Waals surface area (Å²) in [5, 5.41) is 0. The minimum atomic E-state index is -4.45. The van der Waals surface area contributed by atoms with E-state index in [9.17, 15) is 22.8 Å². The van der Waals surface area contributed by atoms with Crippen LogP contribution in [0.3, 0.4) is 0 Å². The van der Waals surface area contributed by atoms with Crippen LogP contribution in [0.25, 0.3) is 0 Å². The Morgan fingerprint density at radius 2 is 2.05 bits per heavy atom. The smallest absolute Gasteiger partial charge is 0.395 e. The van der Waals surface area contributed by atoms with Crippen molar-refractivity contribution in [3.05, 3.63) is 0 Å². The van der Waals surface area contributed by atoms with Gasteiger partial charge < -0.3 is 9.47 Å². The lowest BCUT2D eigenvalue weighted by molar-refractivity contribution is -0.214. The average molecular weight is 280 g/mol. The molecule has 19 heavy (non-hydrogen) atoms. The predicted octanol–water partition coefficient (Wildman–Crippen LogP) is 2.07. The molecule has 4 atom stereocenters. The van der Waals surface area contributed by atoms with Crippen molar-refractivity contribution in [3.63, 3.8) is 0 Å². The number of carbonyl (C=O) groups excluding carboxylic acids is 2. The Bertz CT molecular complexity index is 391. The molecule has 2 rings (SSSR count). The molecule has 0 amide bonds. The SMILES string of the molecule is CC(C)C(=O)OC1C2CC(=O)OC1C(C(F)(F)F)C2. The van der Waals surface area contributed by atoms with Gasteiger partial charge in [0.25, 0.3) is 0 Å². The molecule has 2 bridgehead atoms. The maximum atomic E-state index is 12.9. The summed E-state index contributed by atoms with van der Waals surface area (Å²) < 4.78 is 48.5. The number of carbonyl (C=O) groups is 2. The van der Waals surface area contributed by atoms with Gasteiger partial charge in [-0.2, -0.15) is 13.2 Å². The van der Waals surface area contributed by atoms with Gasteiger partial charge in [0.15, 0.2) is 6.10 Å². The zero-order chi connectivity index (χ0) is 14.4. The first-order valence-corrected chi connectivity index (χ1v) is 6.17. The summed E-state index contributed by atoms with van der Waals surface area (Å²) in [6.45, 7) is 3.20. The van der Waals surface area contributed by atoms with Gasteiger partial charge in [-0.3, -0.25) is 9.59 Å². The Balaban J connectivity index is 2.17. The van der Waals surface area contributed by atoms with E-state index in [1.54, 1.807) is 13.8 Å². The van der Waals surface area contributed by atoms with E-state index in [-0.39, 0.29) is 12.8 Å². The molecule has 108 valence electrons. The number of esters is 2. The average Bonchev–Trinajstić information content (AvgIpc) is 2.49. The fourth-order valence-corrected chi connectivity index (χ4v) is 2.61. The number of hydrogen-bond acceptors (Lipinski definition) is 4. The third-order valence-electron chi connectivity index (χ3n) is 3.58. The van der Waals surface area contributed by atoms with Gasteiger partial charge in [0.1, 0.15) is 6.10 Å². The highest BCUT2D eigenvalue weighted by atomic mass is 19.4. The van der Waals surface area contributed by atoms with Crippen LogP contribution in [0.2, 0.25) is 0 Å². The summed E-state index contributed by atoms with van der Waals surface area (Å²) >= 11 is 0. The van der Waals surface area contributed by atoms with Gasteiger partial charge in [-0.05, 0) is 6.42 Å². The van der Waals surface area contributed by atoms with E-state index in [1.165, 1.54) is 0 Å². The van der Waals surface area contributed by atoms with Crippen molar-refractivity contribution in [1.82, 2.24) is 0 Å². The summed E-state index contributed by atoms with van der Waals surface area (Å²) in [7, 11) is 0. The van der Waals surface area contributed by atoms with Gasteiger partial charge in [0.2, 0.25) is 0 Å². The first-order chi connectivity index (χ1) is 8.70. The van der Waals surface area contributed by atoms with Crippen LogP contribution in [-0.4, -0.2) is 30.3 Å². The van der Waals surface area contributed by atoms with E-state index >= 15 is 0 Å². The Hall–Kier alpha value is -1.27. The molecule has 1 saturated carbocycles. The van der Waals surface area contributed by atoms with Gasteiger partial charge in [0, 0.05) is 5.92 Å². The van der Waals surface area contributed by atoms with Crippen LogP contribution in [0.15, 0.2) is 0 Å². The molecule has 4 unspecified atom stereocenters. The van der Waals surface area contributed by atoms with E-state index < -0.39 is 48.1 Å². The lowest BCUT2D eigenvalue weighted by Gasteiger charge is -2.31. The van der Waals surface area contributed by atoms with Crippen LogP contribution in [0, 0.1) is 17.8 Å². The van der Waals surface area contributed by atoms with E-state index in [1.807, 2.05) is 0 Å². The van der Waals surface area contributed by atoms with E-state index in [0.717, 1.165) is 0 Å². The van der Waals surface area contributed by atoms with Gasteiger partial charge in [-0.15, -0.1) is 0 Å². The van der Waals surface area contributed by atoms with E-state index in [4.69, 9.17) is 9.47 Å². The van der Waals surface area contributed by atoms with Crippen molar-refractivity contribution in [2.24, 2.45) is 17.8 Å². The van der Waals surface area contributed by atoms with Gasteiger partial charge in [0.05, 0.1) is 18.3 Å². The van der Waals surface area contributed by atoms with Crippen molar-refractivity contribution in [3.8, 4) is 0 Å². The molecule has 4 nitrogen and oxygen atoms in total. The molecule has 2 aliphatic rings. The molecule has 0 aromatic carbocycles. The molecule has 0 aromatic heterocycles. The van der Waals surface area contributed by atoms with Crippen LogP contribution in [0.5, 0.6) is 0 Å². The summed E-state index contributed by atoms with van der Waals surface area (Å²) in [6.07, 6.45) is -7.17. The maximum Gasteiger partial charge on any atom is 0.395 e. The zero-order valence-electron chi connectivity index (χ0n) is 10.6. The highest BCUT2D eigenvalue weighted by Crippen LogP contribution is 2.48. The molecule has 0 spiro atoms. The second kappa shape index (κ2) is 4.68. The quantitative estimate of drug-likeness (QED) is 0.727. The summed E-state index contributed by atoms with van der Waals surface area (Å²) in [6, 6.07) is 0. The third-order valence-corrected chi connectivity index (χ3v) is 3.58. The fourth-order valence-electron chi connectivity index (χ4n) is 2.61. The highest BCUT2D eigenvalue weighted by molar-refractivity contribution is 5.73. The normalized spacial score (nSPS) is 34.3. The van der Waals surface area contributed by atoms with Gasteiger partial charge >= 0.3 is 18.1 Å². The molecule has 7 heteroatoms. The first kappa shape index (κ1) is 14.1. The molecule has 0 N–H and O–H groups in total. The Morgan fingerprint density at radius 3 is 2.58 bits per heavy atom. The second-order valence-corrected chi connectivity index (χ2v) is 5.36. The highest BCUT2D eigenvalue weighted by Gasteiger charge is 2.61. The minimum absolute atomic E-state index is 0.126. The van der Waals surface area contributed by atoms with E-state index in [2.05, 4.69) is 0 Å². The number of halogens is 3. The predicted molar refractivity (Wildman–Crippen MR) is 56.9 cm³/mol. The summed E-state index contributed by atoms with van der Waals surface area (Å²) in [4.78, 5) is 22.8. The molecule has 1 heterocycles. The zero-order valence-corrected chi connectivity index (χ0v) is 10.6. The largest absolute Gasteiger partial charge is 0.458 e. The number of alkyl halides is 3. The third kappa shape index (κ3) is 2.69.